The van der Waals surface area contributed by atoms with Gasteiger partial charge < -0.3 is 14.6 Å². The number of aromatic nitrogens is 2. The molecule has 1 unspecified atom stereocenters. The summed E-state index contributed by atoms with van der Waals surface area (Å²) in [5.74, 6) is 0.595. The highest BCUT2D eigenvalue weighted by atomic mass is 79.9. The smallest absolute Gasteiger partial charge is 0.233 e. The molecule has 0 saturated heterocycles. The van der Waals surface area contributed by atoms with Crippen molar-refractivity contribution in [2.24, 2.45) is 0 Å². The standard InChI is InChI=1S/C10H17BrN4O4S/c1-2-18-5-3-14-20(17)15-9-8(11)10(13-7-12-9)19-6-4-16/h7,14,16H,2-6H2,1H3,(H,12,13,15). The fourth-order valence-corrected chi connectivity index (χ4v) is 2.36. The van der Waals surface area contributed by atoms with Crippen LogP contribution in [0.25, 0.3) is 0 Å². The Morgan fingerprint density at radius 3 is 2.95 bits per heavy atom. The van der Waals surface area contributed by atoms with Crippen molar-refractivity contribution >= 4 is 32.9 Å². The van der Waals surface area contributed by atoms with Crippen molar-refractivity contribution in [1.82, 2.24) is 14.7 Å². The third-order valence-corrected chi connectivity index (χ3v) is 3.52. The molecule has 0 aliphatic carbocycles. The Kier molecular flexibility index (Phi) is 8.62. The molecule has 1 atom stereocenters. The van der Waals surface area contributed by atoms with Gasteiger partial charge >= 0.3 is 0 Å². The van der Waals surface area contributed by atoms with E-state index in [1.165, 1.54) is 6.33 Å². The Morgan fingerprint density at radius 1 is 1.45 bits per heavy atom. The summed E-state index contributed by atoms with van der Waals surface area (Å²) in [5.41, 5.74) is 0. The molecular weight excluding hydrogens is 352 g/mol. The van der Waals surface area contributed by atoms with E-state index in [9.17, 15) is 4.21 Å². The van der Waals surface area contributed by atoms with Gasteiger partial charge in [-0.2, -0.15) is 0 Å². The lowest BCUT2D eigenvalue weighted by Crippen LogP contribution is -2.27. The van der Waals surface area contributed by atoms with Gasteiger partial charge in [-0.05, 0) is 22.9 Å². The SMILES string of the molecule is CCOCCNS(=O)Nc1ncnc(OCCO)c1Br. The van der Waals surface area contributed by atoms with Gasteiger partial charge in [0.25, 0.3) is 0 Å². The van der Waals surface area contributed by atoms with Crippen LogP contribution >= 0.6 is 15.9 Å². The van der Waals surface area contributed by atoms with Gasteiger partial charge in [0.1, 0.15) is 17.4 Å². The van der Waals surface area contributed by atoms with E-state index >= 15 is 0 Å². The van der Waals surface area contributed by atoms with Crippen LogP contribution in [0.2, 0.25) is 0 Å². The van der Waals surface area contributed by atoms with E-state index in [4.69, 9.17) is 14.6 Å². The molecule has 0 fully saturated rings. The molecule has 10 heteroatoms. The van der Waals surface area contributed by atoms with Crippen LogP contribution in [0.5, 0.6) is 5.88 Å². The van der Waals surface area contributed by atoms with Gasteiger partial charge in [0, 0.05) is 13.2 Å². The molecule has 1 rings (SSSR count). The van der Waals surface area contributed by atoms with Crippen LogP contribution in [-0.2, 0) is 15.9 Å². The molecular formula is C10H17BrN4O4S. The molecule has 0 spiro atoms. The molecule has 20 heavy (non-hydrogen) atoms. The first-order chi connectivity index (χ1) is 9.69. The number of ether oxygens (including phenoxy) is 2. The van der Waals surface area contributed by atoms with Gasteiger partial charge in [-0.15, -0.1) is 0 Å². The maximum Gasteiger partial charge on any atom is 0.233 e. The topological polar surface area (TPSA) is 106 Å². The van der Waals surface area contributed by atoms with Crippen molar-refractivity contribution in [3.8, 4) is 5.88 Å². The highest BCUT2D eigenvalue weighted by Gasteiger charge is 2.11. The lowest BCUT2D eigenvalue weighted by atomic mass is 10.6. The molecule has 0 bridgehead atoms. The lowest BCUT2D eigenvalue weighted by Gasteiger charge is -2.10. The van der Waals surface area contributed by atoms with Crippen LogP contribution < -0.4 is 14.2 Å². The Bertz CT molecular complexity index is 438. The van der Waals surface area contributed by atoms with Crippen molar-refractivity contribution in [2.75, 3.05) is 37.7 Å². The molecule has 114 valence electrons. The number of anilines is 1. The molecule has 8 nitrogen and oxygen atoms in total. The Morgan fingerprint density at radius 2 is 2.25 bits per heavy atom. The molecule has 0 aromatic carbocycles. The van der Waals surface area contributed by atoms with E-state index in [1.807, 2.05) is 6.92 Å². The fourth-order valence-electron chi connectivity index (χ4n) is 1.14. The van der Waals surface area contributed by atoms with E-state index in [2.05, 4.69) is 35.3 Å². The Hall–Kier alpha value is -0.810. The number of rotatable bonds is 10. The van der Waals surface area contributed by atoms with E-state index < -0.39 is 11.2 Å². The molecule has 0 amide bonds. The van der Waals surface area contributed by atoms with Gasteiger partial charge in [0.2, 0.25) is 5.88 Å². The molecule has 1 heterocycles. The minimum absolute atomic E-state index is 0.116. The first kappa shape index (κ1) is 17.2. The second kappa shape index (κ2) is 10.00. The van der Waals surface area contributed by atoms with Crippen LogP contribution in [0.1, 0.15) is 6.92 Å². The third-order valence-electron chi connectivity index (χ3n) is 1.96. The van der Waals surface area contributed by atoms with Crippen LogP contribution in [0.15, 0.2) is 10.8 Å². The Labute approximate surface area is 128 Å². The Balaban J connectivity index is 2.52. The lowest BCUT2D eigenvalue weighted by molar-refractivity contribution is 0.153. The highest BCUT2D eigenvalue weighted by molar-refractivity contribution is 9.10. The summed E-state index contributed by atoms with van der Waals surface area (Å²) in [5, 5.41) is 8.70. The van der Waals surface area contributed by atoms with Gasteiger partial charge in [0.05, 0.1) is 13.2 Å². The van der Waals surface area contributed by atoms with Gasteiger partial charge in [-0.25, -0.2) is 18.9 Å². The number of aliphatic hydroxyl groups excluding tert-OH is 1. The molecule has 1 aromatic heterocycles. The first-order valence-corrected chi connectivity index (χ1v) is 7.87. The first-order valence-electron chi connectivity index (χ1n) is 5.92. The predicted molar refractivity (Wildman–Crippen MR) is 78.6 cm³/mol. The molecule has 0 aliphatic heterocycles. The normalized spacial score (nSPS) is 12.2. The van der Waals surface area contributed by atoms with E-state index in [0.717, 1.165) is 0 Å². The number of nitrogens with zero attached hydrogens (tertiary/aromatic N) is 2. The zero-order valence-corrected chi connectivity index (χ0v) is 13.4. The molecule has 0 aliphatic rings. The highest BCUT2D eigenvalue weighted by Crippen LogP contribution is 2.28. The second-order valence-corrected chi connectivity index (χ2v) is 5.20. The zero-order valence-electron chi connectivity index (χ0n) is 11.0. The molecule has 0 saturated carbocycles. The van der Waals surface area contributed by atoms with Crippen LogP contribution in [0.4, 0.5) is 5.82 Å². The van der Waals surface area contributed by atoms with Crippen LogP contribution in [-0.4, -0.2) is 52.3 Å². The average molecular weight is 369 g/mol. The minimum Gasteiger partial charge on any atom is -0.474 e. The number of hydrogen-bond acceptors (Lipinski definition) is 6. The summed E-state index contributed by atoms with van der Waals surface area (Å²) >= 11 is 1.75. The van der Waals surface area contributed by atoms with Crippen LogP contribution in [0.3, 0.4) is 0 Å². The van der Waals surface area contributed by atoms with Crippen molar-refractivity contribution < 1.29 is 18.8 Å². The van der Waals surface area contributed by atoms with Gasteiger partial charge in [-0.3, -0.25) is 4.72 Å². The quantitative estimate of drug-likeness (QED) is 0.510. The largest absolute Gasteiger partial charge is 0.474 e. The number of halogens is 1. The number of hydrogen-bond donors (Lipinski definition) is 3. The average Bonchev–Trinajstić information content (AvgIpc) is 2.44. The summed E-state index contributed by atoms with van der Waals surface area (Å²) in [6.07, 6.45) is 1.27. The number of aliphatic hydroxyl groups is 1. The van der Waals surface area contributed by atoms with Crippen molar-refractivity contribution in [2.45, 2.75) is 6.92 Å². The second-order valence-electron chi connectivity index (χ2n) is 3.38. The van der Waals surface area contributed by atoms with Crippen molar-refractivity contribution in [1.29, 1.82) is 0 Å². The predicted octanol–water partition coefficient (Wildman–Crippen LogP) is 0.227. The summed E-state index contributed by atoms with van der Waals surface area (Å²) in [4.78, 5) is 7.86. The number of nitrogens with one attached hydrogen (secondary N) is 2. The summed E-state index contributed by atoms with van der Waals surface area (Å²) in [6.45, 7) is 3.42. The van der Waals surface area contributed by atoms with Crippen molar-refractivity contribution in [3.63, 3.8) is 0 Å². The molecule has 3 N–H and O–H groups in total. The fraction of sp³-hybridized carbons (Fsp3) is 0.600. The third kappa shape index (κ3) is 6.09. The molecule has 0 radical (unpaired) electrons. The zero-order chi connectivity index (χ0) is 14.8. The summed E-state index contributed by atoms with van der Waals surface area (Å²) in [7, 11) is 0. The maximum absolute atomic E-state index is 11.7. The summed E-state index contributed by atoms with van der Waals surface area (Å²) < 4.78 is 27.9. The molecule has 1 aromatic rings. The summed E-state index contributed by atoms with van der Waals surface area (Å²) in [6, 6.07) is 0. The minimum atomic E-state index is -1.50. The monoisotopic (exact) mass is 368 g/mol. The van der Waals surface area contributed by atoms with E-state index in [1.54, 1.807) is 0 Å². The van der Waals surface area contributed by atoms with Gasteiger partial charge in [0.15, 0.2) is 17.0 Å². The van der Waals surface area contributed by atoms with E-state index in [0.29, 0.717) is 30.0 Å². The van der Waals surface area contributed by atoms with Crippen molar-refractivity contribution in [3.05, 3.63) is 10.8 Å². The van der Waals surface area contributed by atoms with E-state index in [-0.39, 0.29) is 19.1 Å². The maximum atomic E-state index is 11.7. The van der Waals surface area contributed by atoms with Crippen LogP contribution in [0, 0.1) is 0 Å². The van der Waals surface area contributed by atoms with Gasteiger partial charge in [-0.1, -0.05) is 0 Å².